The van der Waals surface area contributed by atoms with Crippen molar-refractivity contribution in [3.8, 4) is 11.4 Å². The summed E-state index contributed by atoms with van der Waals surface area (Å²) in [6.45, 7) is 2.44. The van der Waals surface area contributed by atoms with E-state index in [1.54, 1.807) is 30.3 Å². The Kier molecular flexibility index (Phi) is 6.03. The zero-order chi connectivity index (χ0) is 19.2. The van der Waals surface area contributed by atoms with Crippen molar-refractivity contribution in [2.24, 2.45) is 0 Å². The van der Waals surface area contributed by atoms with Crippen LogP contribution in [0.1, 0.15) is 17.3 Å². The predicted molar refractivity (Wildman–Crippen MR) is 102 cm³/mol. The molecule has 0 amide bonds. The topological polar surface area (TPSA) is 61.2 Å². The summed E-state index contributed by atoms with van der Waals surface area (Å²) in [4.78, 5) is 29.0. The van der Waals surface area contributed by atoms with Crippen LogP contribution in [-0.4, -0.2) is 27.7 Å². The lowest BCUT2D eigenvalue weighted by molar-refractivity contribution is 0.102. The molecule has 0 aliphatic carbocycles. The highest BCUT2D eigenvalue weighted by Gasteiger charge is 2.12. The Labute approximate surface area is 159 Å². The number of ketones is 1. The summed E-state index contributed by atoms with van der Waals surface area (Å²) in [5, 5.41) is 0.182. The molecule has 7 heteroatoms. The van der Waals surface area contributed by atoms with Gasteiger partial charge in [0.15, 0.2) is 10.8 Å². The van der Waals surface area contributed by atoms with Gasteiger partial charge in [-0.25, -0.2) is 9.37 Å². The molecule has 0 unspecified atom stereocenters. The van der Waals surface area contributed by atoms with E-state index in [-0.39, 0.29) is 16.6 Å². The highest BCUT2D eigenvalue weighted by Crippen LogP contribution is 2.17. The molecule has 0 saturated carbocycles. The lowest BCUT2D eigenvalue weighted by Crippen LogP contribution is -2.21. The molecule has 1 aromatic heterocycles. The molecule has 0 spiro atoms. The van der Waals surface area contributed by atoms with E-state index >= 15 is 0 Å². The fraction of sp³-hybridized carbons (Fsp3) is 0.150. The number of ether oxygens (including phenoxy) is 1. The first-order valence-electron chi connectivity index (χ1n) is 8.31. The summed E-state index contributed by atoms with van der Waals surface area (Å²) in [5.74, 6) is 0.217. The molecule has 2 aromatic carbocycles. The van der Waals surface area contributed by atoms with Gasteiger partial charge in [0, 0.05) is 18.0 Å². The third-order valence-corrected chi connectivity index (χ3v) is 4.68. The zero-order valence-corrected chi connectivity index (χ0v) is 15.4. The molecule has 0 radical (unpaired) electrons. The van der Waals surface area contributed by atoms with Crippen molar-refractivity contribution < 1.29 is 13.9 Å². The predicted octanol–water partition coefficient (Wildman–Crippen LogP) is 3.75. The molecule has 0 saturated heterocycles. The third-order valence-electron chi connectivity index (χ3n) is 3.72. The number of carbonyl (C=O) groups excluding carboxylic acids is 1. The summed E-state index contributed by atoms with van der Waals surface area (Å²) in [7, 11) is 0. The van der Waals surface area contributed by atoms with E-state index in [1.807, 2.05) is 6.92 Å². The van der Waals surface area contributed by atoms with Gasteiger partial charge in [0.2, 0.25) is 0 Å². The third kappa shape index (κ3) is 4.62. The van der Waals surface area contributed by atoms with Crippen molar-refractivity contribution in [3.63, 3.8) is 0 Å². The van der Waals surface area contributed by atoms with Gasteiger partial charge in [0.1, 0.15) is 11.6 Å². The second-order valence-electron chi connectivity index (χ2n) is 5.56. The molecule has 5 nitrogen and oxygen atoms in total. The van der Waals surface area contributed by atoms with Crippen LogP contribution in [0.2, 0.25) is 0 Å². The van der Waals surface area contributed by atoms with Gasteiger partial charge < -0.3 is 4.74 Å². The number of halogens is 1. The van der Waals surface area contributed by atoms with Gasteiger partial charge in [0.05, 0.1) is 18.0 Å². The summed E-state index contributed by atoms with van der Waals surface area (Å²) >= 11 is 1.06. The van der Waals surface area contributed by atoms with E-state index in [2.05, 4.69) is 4.98 Å². The Hall–Kier alpha value is -2.93. The number of thioether (sulfide) groups is 1. The Morgan fingerprint density at radius 2 is 2.00 bits per heavy atom. The quantitative estimate of drug-likeness (QED) is 0.459. The Morgan fingerprint density at radius 1 is 1.22 bits per heavy atom. The summed E-state index contributed by atoms with van der Waals surface area (Å²) < 4.78 is 20.1. The SMILES string of the molecule is CCOc1ccc(C(=O)CSc2nccn(-c3cccc(F)c3)c2=O)cc1. The minimum absolute atomic E-state index is 0.0728. The first-order valence-corrected chi connectivity index (χ1v) is 9.29. The van der Waals surface area contributed by atoms with Crippen LogP contribution < -0.4 is 10.3 Å². The maximum atomic E-state index is 13.4. The van der Waals surface area contributed by atoms with Crippen LogP contribution in [0.15, 0.2) is 70.7 Å². The molecule has 1 heterocycles. The van der Waals surface area contributed by atoms with Crippen LogP contribution in [0.4, 0.5) is 4.39 Å². The normalized spacial score (nSPS) is 10.6. The molecule has 0 aliphatic rings. The number of rotatable bonds is 7. The van der Waals surface area contributed by atoms with Gasteiger partial charge in [-0.3, -0.25) is 14.2 Å². The Morgan fingerprint density at radius 3 is 2.70 bits per heavy atom. The molecule has 3 aromatic rings. The number of nitrogens with zero attached hydrogens (tertiary/aromatic N) is 2. The summed E-state index contributed by atoms with van der Waals surface area (Å²) in [6.07, 6.45) is 2.92. The van der Waals surface area contributed by atoms with Gasteiger partial charge in [-0.15, -0.1) is 0 Å². The van der Waals surface area contributed by atoms with Crippen molar-refractivity contribution in [2.45, 2.75) is 11.9 Å². The first-order chi connectivity index (χ1) is 13.1. The number of hydrogen-bond acceptors (Lipinski definition) is 5. The van der Waals surface area contributed by atoms with E-state index in [9.17, 15) is 14.0 Å². The Balaban J connectivity index is 1.73. The molecule has 138 valence electrons. The molecular weight excluding hydrogens is 367 g/mol. The van der Waals surface area contributed by atoms with Crippen molar-refractivity contribution in [1.82, 2.24) is 9.55 Å². The fourth-order valence-electron chi connectivity index (χ4n) is 2.44. The fourth-order valence-corrected chi connectivity index (χ4v) is 3.23. The number of Topliss-reactive ketones (excluding diaryl/α,β-unsaturated/α-hetero) is 1. The Bertz CT molecular complexity index is 1000. The first kappa shape index (κ1) is 18.8. The average Bonchev–Trinajstić information content (AvgIpc) is 2.68. The van der Waals surface area contributed by atoms with E-state index in [1.165, 1.54) is 35.2 Å². The van der Waals surface area contributed by atoms with E-state index in [0.29, 0.717) is 23.6 Å². The second-order valence-corrected chi connectivity index (χ2v) is 6.52. The standard InChI is InChI=1S/C20H17FN2O3S/c1-2-26-17-8-6-14(7-9-17)18(24)13-27-19-20(25)23(11-10-22-19)16-5-3-4-15(21)12-16/h3-12H,2,13H2,1H3. The van der Waals surface area contributed by atoms with Gasteiger partial charge >= 0.3 is 0 Å². The molecular formula is C20H17FN2O3S. The van der Waals surface area contributed by atoms with Gasteiger partial charge in [-0.05, 0) is 49.4 Å². The van der Waals surface area contributed by atoms with Crippen LogP contribution in [0.3, 0.4) is 0 Å². The number of benzene rings is 2. The summed E-state index contributed by atoms with van der Waals surface area (Å²) in [6, 6.07) is 12.6. The highest BCUT2D eigenvalue weighted by molar-refractivity contribution is 7.99. The van der Waals surface area contributed by atoms with Crippen molar-refractivity contribution >= 4 is 17.5 Å². The maximum absolute atomic E-state index is 13.4. The van der Waals surface area contributed by atoms with Gasteiger partial charge in [0.25, 0.3) is 5.56 Å². The average molecular weight is 384 g/mol. The van der Waals surface area contributed by atoms with Crippen molar-refractivity contribution in [3.05, 3.63) is 82.7 Å². The smallest absolute Gasteiger partial charge is 0.287 e. The van der Waals surface area contributed by atoms with E-state index in [4.69, 9.17) is 4.74 Å². The largest absolute Gasteiger partial charge is 0.494 e. The van der Waals surface area contributed by atoms with Crippen molar-refractivity contribution in [2.75, 3.05) is 12.4 Å². The monoisotopic (exact) mass is 384 g/mol. The molecule has 0 bridgehead atoms. The number of hydrogen-bond donors (Lipinski definition) is 0. The van der Waals surface area contributed by atoms with Crippen LogP contribution in [0.5, 0.6) is 5.75 Å². The maximum Gasteiger partial charge on any atom is 0.287 e. The summed E-state index contributed by atoms with van der Waals surface area (Å²) in [5.41, 5.74) is 0.544. The van der Waals surface area contributed by atoms with Gasteiger partial charge in [-0.1, -0.05) is 17.8 Å². The lowest BCUT2D eigenvalue weighted by atomic mass is 10.1. The molecule has 3 rings (SSSR count). The highest BCUT2D eigenvalue weighted by atomic mass is 32.2. The van der Waals surface area contributed by atoms with E-state index < -0.39 is 11.4 Å². The number of carbonyl (C=O) groups is 1. The second kappa shape index (κ2) is 8.64. The van der Waals surface area contributed by atoms with Crippen LogP contribution in [-0.2, 0) is 0 Å². The number of aromatic nitrogens is 2. The molecule has 27 heavy (non-hydrogen) atoms. The lowest BCUT2D eigenvalue weighted by Gasteiger charge is -2.07. The van der Waals surface area contributed by atoms with Crippen molar-refractivity contribution in [1.29, 1.82) is 0 Å². The van der Waals surface area contributed by atoms with Crippen LogP contribution >= 0.6 is 11.8 Å². The van der Waals surface area contributed by atoms with Gasteiger partial charge in [-0.2, -0.15) is 0 Å². The molecule has 0 fully saturated rings. The molecule has 0 N–H and O–H groups in total. The van der Waals surface area contributed by atoms with Crippen LogP contribution in [0.25, 0.3) is 5.69 Å². The van der Waals surface area contributed by atoms with Crippen LogP contribution in [0, 0.1) is 5.82 Å². The minimum Gasteiger partial charge on any atom is -0.494 e. The molecule has 0 aliphatic heterocycles. The minimum atomic E-state index is -0.434. The zero-order valence-electron chi connectivity index (χ0n) is 14.6. The van der Waals surface area contributed by atoms with E-state index in [0.717, 1.165) is 11.8 Å². The molecule has 0 atom stereocenters.